The van der Waals surface area contributed by atoms with Crippen LogP contribution in [0.3, 0.4) is 0 Å². The number of fused-ring (bicyclic) bond motifs is 1. The maximum atomic E-state index is 12.7. The van der Waals surface area contributed by atoms with Gasteiger partial charge in [0.2, 0.25) is 0 Å². The summed E-state index contributed by atoms with van der Waals surface area (Å²) in [4.78, 5) is 26.5. The molecule has 1 N–H and O–H groups in total. The molecular formula is C24H31NO5S. The van der Waals surface area contributed by atoms with Gasteiger partial charge in [-0.1, -0.05) is 26.8 Å². The highest BCUT2D eigenvalue weighted by atomic mass is 32.1. The van der Waals surface area contributed by atoms with Crippen LogP contribution in [-0.2, 0) is 22.4 Å². The molecule has 0 saturated carbocycles. The lowest BCUT2D eigenvalue weighted by Gasteiger charge is -2.33. The minimum atomic E-state index is -0.377. The monoisotopic (exact) mass is 445 g/mol. The summed E-state index contributed by atoms with van der Waals surface area (Å²) < 4.78 is 16.1. The second kappa shape index (κ2) is 9.73. The van der Waals surface area contributed by atoms with Crippen LogP contribution < -0.4 is 14.8 Å². The topological polar surface area (TPSA) is 73.9 Å². The zero-order valence-electron chi connectivity index (χ0n) is 18.9. The first kappa shape index (κ1) is 23.1. The standard InChI is InChI=1S/C24H31NO5S/c1-6-29-23(27)21-18-11-10-15(24(2,3)4)12-19(18)31-22(21)25-20(26)14-30-17-9-7-8-16(13-17)28-5/h7-9,13,15H,6,10-12,14H2,1-5H3,(H,25,26). The Morgan fingerprint density at radius 2 is 1.97 bits per heavy atom. The van der Waals surface area contributed by atoms with Crippen molar-refractivity contribution in [2.75, 3.05) is 25.6 Å². The van der Waals surface area contributed by atoms with E-state index in [9.17, 15) is 9.59 Å². The molecule has 0 saturated heterocycles. The molecule has 168 valence electrons. The van der Waals surface area contributed by atoms with Gasteiger partial charge in [-0.3, -0.25) is 4.79 Å². The Bertz CT molecular complexity index is 944. The minimum Gasteiger partial charge on any atom is -0.497 e. The number of thiophene rings is 1. The number of hydrogen-bond donors (Lipinski definition) is 1. The molecule has 1 aromatic carbocycles. The summed E-state index contributed by atoms with van der Waals surface area (Å²) in [5, 5.41) is 3.44. The van der Waals surface area contributed by atoms with Crippen LogP contribution in [0.15, 0.2) is 24.3 Å². The van der Waals surface area contributed by atoms with Crippen molar-refractivity contribution in [2.24, 2.45) is 11.3 Å². The molecule has 1 atom stereocenters. The molecule has 2 aromatic rings. The lowest BCUT2D eigenvalue weighted by Crippen LogP contribution is -2.26. The van der Waals surface area contributed by atoms with Crippen molar-refractivity contribution in [1.82, 2.24) is 0 Å². The van der Waals surface area contributed by atoms with Gasteiger partial charge in [0.05, 0.1) is 19.3 Å². The minimum absolute atomic E-state index is 0.164. The van der Waals surface area contributed by atoms with Gasteiger partial charge in [0, 0.05) is 10.9 Å². The van der Waals surface area contributed by atoms with E-state index in [1.807, 2.05) is 0 Å². The lowest BCUT2D eigenvalue weighted by atomic mass is 9.72. The fraction of sp³-hybridized carbons (Fsp3) is 0.500. The molecule has 1 unspecified atom stereocenters. The molecule has 0 fully saturated rings. The number of carbonyl (C=O) groups excluding carboxylic acids is 2. The molecule has 3 rings (SSSR count). The van der Waals surface area contributed by atoms with E-state index in [2.05, 4.69) is 26.1 Å². The van der Waals surface area contributed by atoms with E-state index >= 15 is 0 Å². The van der Waals surface area contributed by atoms with Crippen LogP contribution in [0.5, 0.6) is 11.5 Å². The summed E-state index contributed by atoms with van der Waals surface area (Å²) in [5.41, 5.74) is 1.72. The summed E-state index contributed by atoms with van der Waals surface area (Å²) in [5.74, 6) is 1.03. The quantitative estimate of drug-likeness (QED) is 0.600. The zero-order valence-corrected chi connectivity index (χ0v) is 19.7. The van der Waals surface area contributed by atoms with Crippen LogP contribution in [0.25, 0.3) is 0 Å². The zero-order chi connectivity index (χ0) is 22.6. The van der Waals surface area contributed by atoms with E-state index in [1.54, 1.807) is 38.3 Å². The van der Waals surface area contributed by atoms with Crippen LogP contribution in [0, 0.1) is 11.3 Å². The summed E-state index contributed by atoms with van der Waals surface area (Å²) in [6.45, 7) is 8.67. The van der Waals surface area contributed by atoms with E-state index in [0.717, 1.165) is 24.8 Å². The Morgan fingerprint density at radius 3 is 2.65 bits per heavy atom. The first-order valence-electron chi connectivity index (χ1n) is 10.6. The van der Waals surface area contributed by atoms with Crippen LogP contribution >= 0.6 is 11.3 Å². The largest absolute Gasteiger partial charge is 0.497 e. The second-order valence-electron chi connectivity index (χ2n) is 8.75. The number of ether oxygens (including phenoxy) is 3. The fourth-order valence-corrected chi connectivity index (χ4v) is 5.17. The van der Waals surface area contributed by atoms with Crippen molar-refractivity contribution in [2.45, 2.75) is 47.0 Å². The third-order valence-corrected chi connectivity index (χ3v) is 6.80. The predicted octanol–water partition coefficient (Wildman–Crippen LogP) is 5.10. The van der Waals surface area contributed by atoms with Crippen LogP contribution in [0.1, 0.15) is 54.9 Å². The lowest BCUT2D eigenvalue weighted by molar-refractivity contribution is -0.118. The molecule has 1 aliphatic rings. The fourth-order valence-electron chi connectivity index (χ4n) is 3.83. The van der Waals surface area contributed by atoms with Crippen molar-refractivity contribution >= 4 is 28.2 Å². The highest BCUT2D eigenvalue weighted by molar-refractivity contribution is 7.17. The molecule has 7 heteroatoms. The number of nitrogens with one attached hydrogen (secondary N) is 1. The molecule has 0 bridgehead atoms. The van der Waals surface area contributed by atoms with Gasteiger partial charge in [0.15, 0.2) is 6.61 Å². The molecule has 1 aliphatic carbocycles. The summed E-state index contributed by atoms with van der Waals surface area (Å²) in [7, 11) is 1.57. The van der Waals surface area contributed by atoms with E-state index in [-0.39, 0.29) is 23.9 Å². The Hall–Kier alpha value is -2.54. The number of carbonyl (C=O) groups is 2. The van der Waals surface area contributed by atoms with Gasteiger partial charge in [-0.15, -0.1) is 11.3 Å². The molecular weight excluding hydrogens is 414 g/mol. The second-order valence-corrected chi connectivity index (χ2v) is 9.86. The van der Waals surface area contributed by atoms with Gasteiger partial charge in [-0.05, 0) is 55.2 Å². The Kier molecular flexibility index (Phi) is 7.26. The molecule has 0 aliphatic heterocycles. The van der Waals surface area contributed by atoms with Crippen molar-refractivity contribution in [3.05, 3.63) is 40.3 Å². The third-order valence-electron chi connectivity index (χ3n) is 5.63. The highest BCUT2D eigenvalue weighted by Gasteiger charge is 2.34. The normalized spacial score (nSPS) is 15.7. The van der Waals surface area contributed by atoms with E-state index < -0.39 is 0 Å². The van der Waals surface area contributed by atoms with E-state index in [0.29, 0.717) is 34.6 Å². The number of hydrogen-bond acceptors (Lipinski definition) is 6. The smallest absolute Gasteiger partial charge is 0.341 e. The van der Waals surface area contributed by atoms with Crippen molar-refractivity contribution in [3.8, 4) is 11.5 Å². The number of rotatable bonds is 7. The first-order valence-corrected chi connectivity index (χ1v) is 11.4. The van der Waals surface area contributed by atoms with Crippen molar-refractivity contribution < 1.29 is 23.8 Å². The van der Waals surface area contributed by atoms with E-state index in [1.165, 1.54) is 16.2 Å². The van der Waals surface area contributed by atoms with Gasteiger partial charge < -0.3 is 19.5 Å². The summed E-state index contributed by atoms with van der Waals surface area (Å²) in [6, 6.07) is 7.08. The van der Waals surface area contributed by atoms with Gasteiger partial charge in [-0.25, -0.2) is 4.79 Å². The van der Waals surface area contributed by atoms with Crippen molar-refractivity contribution in [1.29, 1.82) is 0 Å². The summed E-state index contributed by atoms with van der Waals surface area (Å²) >= 11 is 1.48. The molecule has 6 nitrogen and oxygen atoms in total. The molecule has 0 radical (unpaired) electrons. The molecule has 31 heavy (non-hydrogen) atoms. The molecule has 1 amide bonds. The maximum absolute atomic E-state index is 12.7. The SMILES string of the molecule is CCOC(=O)c1c(NC(=O)COc2cccc(OC)c2)sc2c1CCC(C(C)(C)C)C2. The average molecular weight is 446 g/mol. The summed E-state index contributed by atoms with van der Waals surface area (Å²) in [6.07, 6.45) is 2.75. The molecule has 0 spiro atoms. The predicted molar refractivity (Wildman–Crippen MR) is 122 cm³/mol. The molecule has 1 aromatic heterocycles. The maximum Gasteiger partial charge on any atom is 0.341 e. The Balaban J connectivity index is 1.77. The van der Waals surface area contributed by atoms with Gasteiger partial charge in [0.25, 0.3) is 5.91 Å². The Morgan fingerprint density at radius 1 is 1.23 bits per heavy atom. The van der Waals surface area contributed by atoms with Crippen molar-refractivity contribution in [3.63, 3.8) is 0 Å². The number of anilines is 1. The Labute approximate surface area is 187 Å². The highest BCUT2D eigenvalue weighted by Crippen LogP contribution is 2.44. The third kappa shape index (κ3) is 5.58. The van der Waals surface area contributed by atoms with Crippen LogP contribution in [0.2, 0.25) is 0 Å². The van der Waals surface area contributed by atoms with Gasteiger partial charge in [0.1, 0.15) is 16.5 Å². The average Bonchev–Trinajstić information content (AvgIpc) is 3.09. The van der Waals surface area contributed by atoms with E-state index in [4.69, 9.17) is 14.2 Å². The first-order chi connectivity index (χ1) is 14.7. The van der Waals surface area contributed by atoms with Gasteiger partial charge in [-0.2, -0.15) is 0 Å². The van der Waals surface area contributed by atoms with Crippen LogP contribution in [-0.4, -0.2) is 32.2 Å². The number of esters is 1. The van der Waals surface area contributed by atoms with Gasteiger partial charge >= 0.3 is 5.97 Å². The molecule has 1 heterocycles. The van der Waals surface area contributed by atoms with Crippen LogP contribution in [0.4, 0.5) is 5.00 Å². The number of amides is 1. The number of benzene rings is 1. The number of methoxy groups -OCH3 is 1.